The van der Waals surface area contributed by atoms with Gasteiger partial charge in [-0.1, -0.05) is 0 Å². The molecule has 3 rings (SSSR count). The van der Waals surface area contributed by atoms with Crippen molar-refractivity contribution in [3.8, 4) is 0 Å². The highest BCUT2D eigenvalue weighted by atomic mass is 16.1. The molecule has 0 aromatic carbocycles. The van der Waals surface area contributed by atoms with Crippen LogP contribution in [0.25, 0.3) is 5.52 Å². The van der Waals surface area contributed by atoms with Crippen LogP contribution in [-0.4, -0.2) is 40.2 Å². The average molecular weight is 243 g/mol. The quantitative estimate of drug-likeness (QED) is 0.771. The molecule has 94 valence electrons. The number of imidazole rings is 1. The van der Waals surface area contributed by atoms with E-state index in [9.17, 15) is 4.79 Å². The Morgan fingerprint density at radius 2 is 2.44 bits per heavy atom. The lowest BCUT2D eigenvalue weighted by molar-refractivity contribution is 0.112. The van der Waals surface area contributed by atoms with Crippen molar-refractivity contribution in [3.63, 3.8) is 0 Å². The summed E-state index contributed by atoms with van der Waals surface area (Å²) in [6.45, 7) is 1.17. The SMILES string of the molecule is CN1CCCC1Cc1ncc2c(C=O)cccn12. The minimum atomic E-state index is 0.579. The molecule has 1 aliphatic rings. The van der Waals surface area contributed by atoms with Crippen LogP contribution in [0.5, 0.6) is 0 Å². The minimum absolute atomic E-state index is 0.579. The maximum absolute atomic E-state index is 11.0. The van der Waals surface area contributed by atoms with Gasteiger partial charge in [0.15, 0.2) is 6.29 Å². The summed E-state index contributed by atoms with van der Waals surface area (Å²) in [5.74, 6) is 1.05. The van der Waals surface area contributed by atoms with Gasteiger partial charge in [0, 0.05) is 24.2 Å². The van der Waals surface area contributed by atoms with Gasteiger partial charge in [-0.2, -0.15) is 0 Å². The van der Waals surface area contributed by atoms with E-state index in [2.05, 4.69) is 16.9 Å². The molecule has 1 fully saturated rings. The zero-order chi connectivity index (χ0) is 12.5. The predicted molar refractivity (Wildman–Crippen MR) is 69.9 cm³/mol. The normalized spacial score (nSPS) is 20.6. The summed E-state index contributed by atoms with van der Waals surface area (Å²) in [5.41, 5.74) is 1.61. The van der Waals surface area contributed by atoms with E-state index in [4.69, 9.17) is 0 Å². The number of rotatable bonds is 3. The third-order valence-electron chi connectivity index (χ3n) is 3.90. The van der Waals surface area contributed by atoms with Crippen LogP contribution in [-0.2, 0) is 6.42 Å². The number of aromatic nitrogens is 2. The van der Waals surface area contributed by atoms with Gasteiger partial charge in [-0.25, -0.2) is 4.98 Å². The second kappa shape index (κ2) is 4.53. The maximum Gasteiger partial charge on any atom is 0.152 e. The van der Waals surface area contributed by atoms with Gasteiger partial charge in [0.05, 0.1) is 11.7 Å². The van der Waals surface area contributed by atoms with E-state index in [0.29, 0.717) is 11.6 Å². The van der Waals surface area contributed by atoms with Crippen molar-refractivity contribution >= 4 is 11.8 Å². The second-order valence-electron chi connectivity index (χ2n) is 4.99. The third-order valence-corrected chi connectivity index (χ3v) is 3.90. The largest absolute Gasteiger partial charge is 0.303 e. The van der Waals surface area contributed by atoms with Crippen LogP contribution >= 0.6 is 0 Å². The van der Waals surface area contributed by atoms with Crippen LogP contribution < -0.4 is 0 Å². The molecule has 1 atom stereocenters. The molecule has 2 aromatic heterocycles. The number of pyridine rings is 1. The van der Waals surface area contributed by atoms with Crippen molar-refractivity contribution in [3.05, 3.63) is 35.9 Å². The maximum atomic E-state index is 11.0. The van der Waals surface area contributed by atoms with Crippen LogP contribution in [0.2, 0.25) is 0 Å². The van der Waals surface area contributed by atoms with Gasteiger partial charge in [-0.15, -0.1) is 0 Å². The van der Waals surface area contributed by atoms with Crippen molar-refractivity contribution < 1.29 is 4.79 Å². The van der Waals surface area contributed by atoms with E-state index in [1.807, 2.05) is 22.7 Å². The molecule has 1 aliphatic heterocycles. The predicted octanol–water partition coefficient (Wildman–Crippen LogP) is 1.78. The molecule has 18 heavy (non-hydrogen) atoms. The average Bonchev–Trinajstić information content (AvgIpc) is 2.97. The molecule has 4 nitrogen and oxygen atoms in total. The number of likely N-dealkylation sites (tertiary alicyclic amines) is 1. The summed E-state index contributed by atoms with van der Waals surface area (Å²) in [6, 6.07) is 4.31. The smallest absolute Gasteiger partial charge is 0.152 e. The van der Waals surface area contributed by atoms with Gasteiger partial charge in [-0.05, 0) is 38.6 Å². The fourth-order valence-electron chi connectivity index (χ4n) is 2.80. The fraction of sp³-hybridized carbons (Fsp3) is 0.429. The first-order chi connectivity index (χ1) is 8.79. The summed E-state index contributed by atoms with van der Waals surface area (Å²) >= 11 is 0. The van der Waals surface area contributed by atoms with E-state index in [-0.39, 0.29) is 0 Å². The zero-order valence-electron chi connectivity index (χ0n) is 10.5. The van der Waals surface area contributed by atoms with E-state index in [0.717, 1.165) is 24.0 Å². The number of likely N-dealkylation sites (N-methyl/N-ethyl adjacent to an activating group) is 1. The van der Waals surface area contributed by atoms with Crippen molar-refractivity contribution in [1.29, 1.82) is 0 Å². The van der Waals surface area contributed by atoms with Gasteiger partial charge in [0.1, 0.15) is 5.82 Å². The third kappa shape index (κ3) is 1.82. The number of carbonyl (C=O) groups excluding carboxylic acids is 1. The van der Waals surface area contributed by atoms with Crippen LogP contribution in [0.3, 0.4) is 0 Å². The molecule has 0 N–H and O–H groups in total. The van der Waals surface area contributed by atoms with Gasteiger partial charge < -0.3 is 9.30 Å². The molecule has 0 aliphatic carbocycles. The first-order valence-electron chi connectivity index (χ1n) is 6.40. The van der Waals surface area contributed by atoms with Gasteiger partial charge in [0.25, 0.3) is 0 Å². The second-order valence-corrected chi connectivity index (χ2v) is 4.99. The Kier molecular flexibility index (Phi) is 2.88. The fourth-order valence-corrected chi connectivity index (χ4v) is 2.80. The number of hydrogen-bond acceptors (Lipinski definition) is 3. The number of fused-ring (bicyclic) bond motifs is 1. The Morgan fingerprint density at radius 3 is 3.17 bits per heavy atom. The Morgan fingerprint density at radius 1 is 1.56 bits per heavy atom. The molecule has 1 unspecified atom stereocenters. The van der Waals surface area contributed by atoms with Crippen molar-refractivity contribution in [1.82, 2.24) is 14.3 Å². The highest BCUT2D eigenvalue weighted by molar-refractivity contribution is 5.85. The molecule has 1 saturated heterocycles. The highest BCUT2D eigenvalue weighted by Gasteiger charge is 2.22. The van der Waals surface area contributed by atoms with Crippen molar-refractivity contribution in [2.75, 3.05) is 13.6 Å². The lowest BCUT2D eigenvalue weighted by Crippen LogP contribution is -2.27. The Balaban J connectivity index is 1.95. The first kappa shape index (κ1) is 11.4. The Hall–Kier alpha value is -1.68. The topological polar surface area (TPSA) is 37.6 Å². The Bertz CT molecular complexity index is 575. The van der Waals surface area contributed by atoms with Gasteiger partial charge >= 0.3 is 0 Å². The summed E-state index contributed by atoms with van der Waals surface area (Å²) in [4.78, 5) is 17.8. The van der Waals surface area contributed by atoms with Gasteiger partial charge in [-0.3, -0.25) is 4.79 Å². The molecule has 0 spiro atoms. The standard InChI is InChI=1S/C14H17N3O/c1-16-6-3-5-12(16)8-14-15-9-13-11(10-18)4-2-7-17(13)14/h2,4,7,9-10,12H,3,5-6,8H2,1H3. The highest BCUT2D eigenvalue weighted by Crippen LogP contribution is 2.20. The van der Waals surface area contributed by atoms with Crippen LogP contribution in [0.1, 0.15) is 29.0 Å². The van der Waals surface area contributed by atoms with Crippen LogP contribution in [0, 0.1) is 0 Å². The number of nitrogens with zero attached hydrogens (tertiary/aromatic N) is 3. The number of hydrogen-bond donors (Lipinski definition) is 0. The molecule has 2 aromatic rings. The van der Waals surface area contributed by atoms with Crippen LogP contribution in [0.15, 0.2) is 24.5 Å². The van der Waals surface area contributed by atoms with Crippen LogP contribution in [0.4, 0.5) is 0 Å². The zero-order valence-corrected chi connectivity index (χ0v) is 10.5. The summed E-state index contributed by atoms with van der Waals surface area (Å²) in [5, 5.41) is 0. The Labute approximate surface area is 106 Å². The number of carbonyl (C=O) groups is 1. The lowest BCUT2D eigenvalue weighted by atomic mass is 10.1. The lowest BCUT2D eigenvalue weighted by Gasteiger charge is -2.18. The van der Waals surface area contributed by atoms with Crippen molar-refractivity contribution in [2.45, 2.75) is 25.3 Å². The molecule has 3 heterocycles. The van der Waals surface area contributed by atoms with E-state index in [1.165, 1.54) is 19.4 Å². The molecule has 0 saturated carbocycles. The minimum Gasteiger partial charge on any atom is -0.303 e. The molecule has 4 heteroatoms. The first-order valence-corrected chi connectivity index (χ1v) is 6.40. The van der Waals surface area contributed by atoms with E-state index in [1.54, 1.807) is 6.20 Å². The molecule has 0 bridgehead atoms. The molecule has 0 amide bonds. The van der Waals surface area contributed by atoms with Crippen molar-refractivity contribution in [2.24, 2.45) is 0 Å². The summed E-state index contributed by atoms with van der Waals surface area (Å²) in [7, 11) is 2.17. The van der Waals surface area contributed by atoms with E-state index >= 15 is 0 Å². The summed E-state index contributed by atoms with van der Waals surface area (Å²) in [6.07, 6.45) is 8.13. The number of aldehydes is 1. The molecular formula is C14H17N3O. The van der Waals surface area contributed by atoms with E-state index < -0.39 is 0 Å². The monoisotopic (exact) mass is 243 g/mol. The molecular weight excluding hydrogens is 226 g/mol. The van der Waals surface area contributed by atoms with Gasteiger partial charge in [0.2, 0.25) is 0 Å². The summed E-state index contributed by atoms with van der Waals surface area (Å²) < 4.78 is 2.04. The molecule has 0 radical (unpaired) electrons.